The Labute approximate surface area is 93.0 Å². The molecule has 0 aromatic carbocycles. The van der Waals surface area contributed by atoms with E-state index in [2.05, 4.69) is 36.4 Å². The van der Waals surface area contributed by atoms with Crippen LogP contribution in [0.3, 0.4) is 0 Å². The monoisotopic (exact) mass is 207 g/mol. The van der Waals surface area contributed by atoms with E-state index in [0.717, 1.165) is 19.6 Å². The fourth-order valence-electron chi connectivity index (χ4n) is 2.09. The zero-order chi connectivity index (χ0) is 11.3. The van der Waals surface area contributed by atoms with Gasteiger partial charge >= 0.3 is 0 Å². The second-order valence-corrected chi connectivity index (χ2v) is 4.38. The van der Waals surface area contributed by atoms with Crippen LogP contribution in [0.1, 0.15) is 19.8 Å². The molecule has 2 atom stereocenters. The minimum Gasteiger partial charge on any atom is -0.302 e. The molecule has 15 heavy (non-hydrogen) atoms. The molecule has 0 aromatic heterocycles. The number of nitrogens with zero attached hydrogens (tertiary/aromatic N) is 3. The Kier molecular flexibility index (Phi) is 4.80. The van der Waals surface area contributed by atoms with E-state index >= 15 is 0 Å². The molecule has 0 saturated carbocycles. The summed E-state index contributed by atoms with van der Waals surface area (Å²) in [5.74, 6) is 0. The van der Waals surface area contributed by atoms with Crippen molar-refractivity contribution in [2.24, 2.45) is 0 Å². The van der Waals surface area contributed by atoms with Crippen molar-refractivity contribution in [1.82, 2.24) is 9.80 Å². The Bertz CT molecular complexity index is 244. The highest BCUT2D eigenvalue weighted by Crippen LogP contribution is 2.15. The maximum absolute atomic E-state index is 8.83. The summed E-state index contributed by atoms with van der Waals surface area (Å²) in [5.41, 5.74) is 0. The van der Waals surface area contributed by atoms with Gasteiger partial charge in [0.15, 0.2) is 0 Å². The average Bonchev–Trinajstić information content (AvgIpc) is 2.33. The maximum atomic E-state index is 8.83. The van der Waals surface area contributed by atoms with Gasteiger partial charge in [0.2, 0.25) is 0 Å². The normalized spacial score (nSPS) is 29.4. The number of likely N-dealkylation sites (N-methyl/N-ethyl adjacent to an activating group) is 1. The van der Waals surface area contributed by atoms with E-state index in [9.17, 15) is 0 Å². The van der Waals surface area contributed by atoms with Gasteiger partial charge in [-0.2, -0.15) is 5.26 Å². The van der Waals surface area contributed by atoms with Crippen LogP contribution in [0.2, 0.25) is 0 Å². The number of hydrogen-bond acceptors (Lipinski definition) is 3. The van der Waals surface area contributed by atoms with Crippen LogP contribution >= 0.6 is 0 Å². The van der Waals surface area contributed by atoms with Gasteiger partial charge in [-0.1, -0.05) is 6.08 Å². The zero-order valence-corrected chi connectivity index (χ0v) is 9.82. The SMILES string of the molecule is C=CCN1CCC(C)N(C)CC1CC#N. The molecular weight excluding hydrogens is 186 g/mol. The Morgan fingerprint density at radius 1 is 1.60 bits per heavy atom. The van der Waals surface area contributed by atoms with Crippen molar-refractivity contribution in [1.29, 1.82) is 5.26 Å². The Balaban J connectivity index is 2.67. The topological polar surface area (TPSA) is 30.3 Å². The first-order chi connectivity index (χ1) is 7.19. The molecule has 1 aliphatic rings. The van der Waals surface area contributed by atoms with E-state index in [1.807, 2.05) is 6.08 Å². The van der Waals surface area contributed by atoms with Gasteiger partial charge in [0.05, 0.1) is 12.5 Å². The van der Waals surface area contributed by atoms with Gasteiger partial charge in [-0.05, 0) is 20.4 Å². The van der Waals surface area contributed by atoms with Gasteiger partial charge in [-0.3, -0.25) is 4.90 Å². The molecule has 1 heterocycles. The van der Waals surface area contributed by atoms with Gasteiger partial charge in [0, 0.05) is 31.7 Å². The number of nitriles is 1. The summed E-state index contributed by atoms with van der Waals surface area (Å²) in [4.78, 5) is 4.72. The lowest BCUT2D eigenvalue weighted by Crippen LogP contribution is -2.40. The van der Waals surface area contributed by atoms with Crippen molar-refractivity contribution in [2.45, 2.75) is 31.8 Å². The molecule has 3 nitrogen and oxygen atoms in total. The predicted octanol–water partition coefficient (Wildman–Crippen LogP) is 1.48. The van der Waals surface area contributed by atoms with E-state index in [-0.39, 0.29) is 0 Å². The van der Waals surface area contributed by atoms with E-state index < -0.39 is 0 Å². The molecule has 0 N–H and O–H groups in total. The van der Waals surface area contributed by atoms with Crippen molar-refractivity contribution in [3.05, 3.63) is 12.7 Å². The highest BCUT2D eigenvalue weighted by Gasteiger charge is 2.25. The maximum Gasteiger partial charge on any atom is 0.0638 e. The third-order valence-corrected chi connectivity index (χ3v) is 3.29. The van der Waals surface area contributed by atoms with E-state index in [1.165, 1.54) is 6.42 Å². The smallest absolute Gasteiger partial charge is 0.0638 e. The largest absolute Gasteiger partial charge is 0.302 e. The minimum absolute atomic E-state index is 0.364. The van der Waals surface area contributed by atoms with Crippen LogP contribution in [0.25, 0.3) is 0 Å². The third-order valence-electron chi connectivity index (χ3n) is 3.29. The first-order valence-corrected chi connectivity index (χ1v) is 5.61. The van der Waals surface area contributed by atoms with Crippen molar-refractivity contribution >= 4 is 0 Å². The average molecular weight is 207 g/mol. The first kappa shape index (κ1) is 12.2. The summed E-state index contributed by atoms with van der Waals surface area (Å²) in [6, 6.07) is 3.26. The molecule has 1 rings (SSSR count). The second kappa shape index (κ2) is 5.89. The van der Waals surface area contributed by atoms with Gasteiger partial charge in [-0.15, -0.1) is 6.58 Å². The zero-order valence-electron chi connectivity index (χ0n) is 9.82. The molecule has 0 aromatic rings. The van der Waals surface area contributed by atoms with Crippen LogP contribution in [-0.2, 0) is 0 Å². The van der Waals surface area contributed by atoms with Crippen LogP contribution in [-0.4, -0.2) is 48.6 Å². The lowest BCUT2D eigenvalue weighted by molar-refractivity contribution is 0.199. The van der Waals surface area contributed by atoms with Crippen LogP contribution in [0.15, 0.2) is 12.7 Å². The Hall–Kier alpha value is -0.850. The second-order valence-electron chi connectivity index (χ2n) is 4.38. The van der Waals surface area contributed by atoms with Gasteiger partial charge in [-0.25, -0.2) is 0 Å². The molecule has 0 amide bonds. The molecule has 1 saturated heterocycles. The fourth-order valence-corrected chi connectivity index (χ4v) is 2.09. The third kappa shape index (κ3) is 3.33. The van der Waals surface area contributed by atoms with Crippen molar-refractivity contribution in [3.8, 4) is 6.07 Å². The Morgan fingerprint density at radius 2 is 2.33 bits per heavy atom. The standard InChI is InChI=1S/C12H21N3/c1-4-8-15-9-6-11(2)14(3)10-12(15)5-7-13/h4,11-12H,1,5-6,8-10H2,2-3H3. The molecule has 1 fully saturated rings. The summed E-state index contributed by atoms with van der Waals surface area (Å²) < 4.78 is 0. The molecule has 0 radical (unpaired) electrons. The minimum atomic E-state index is 0.364. The molecular formula is C12H21N3. The lowest BCUT2D eigenvalue weighted by Gasteiger charge is -2.28. The first-order valence-electron chi connectivity index (χ1n) is 5.61. The predicted molar refractivity (Wildman–Crippen MR) is 62.5 cm³/mol. The molecule has 84 valence electrons. The van der Waals surface area contributed by atoms with E-state index in [0.29, 0.717) is 18.5 Å². The molecule has 1 aliphatic heterocycles. The fraction of sp³-hybridized carbons (Fsp3) is 0.750. The highest BCUT2D eigenvalue weighted by molar-refractivity contribution is 4.90. The van der Waals surface area contributed by atoms with Crippen LogP contribution in [0.5, 0.6) is 0 Å². The molecule has 0 aliphatic carbocycles. The summed E-state index contributed by atoms with van der Waals surface area (Å²) in [7, 11) is 2.15. The van der Waals surface area contributed by atoms with Crippen molar-refractivity contribution in [2.75, 3.05) is 26.7 Å². The van der Waals surface area contributed by atoms with Crippen LogP contribution < -0.4 is 0 Å². The molecule has 0 spiro atoms. The van der Waals surface area contributed by atoms with Crippen molar-refractivity contribution in [3.63, 3.8) is 0 Å². The van der Waals surface area contributed by atoms with E-state index in [1.54, 1.807) is 0 Å². The van der Waals surface area contributed by atoms with Gasteiger partial charge < -0.3 is 4.90 Å². The van der Waals surface area contributed by atoms with E-state index in [4.69, 9.17) is 5.26 Å². The van der Waals surface area contributed by atoms with Crippen molar-refractivity contribution < 1.29 is 0 Å². The number of hydrogen-bond donors (Lipinski definition) is 0. The molecule has 3 heteroatoms. The molecule has 2 unspecified atom stereocenters. The van der Waals surface area contributed by atoms with Crippen LogP contribution in [0.4, 0.5) is 0 Å². The summed E-state index contributed by atoms with van der Waals surface area (Å²) in [6.07, 6.45) is 3.72. The summed E-state index contributed by atoms with van der Waals surface area (Å²) >= 11 is 0. The van der Waals surface area contributed by atoms with Gasteiger partial charge in [0.25, 0.3) is 0 Å². The number of rotatable bonds is 3. The summed E-state index contributed by atoms with van der Waals surface area (Å²) in [6.45, 7) is 8.99. The Morgan fingerprint density at radius 3 is 2.93 bits per heavy atom. The van der Waals surface area contributed by atoms with Gasteiger partial charge in [0.1, 0.15) is 0 Å². The lowest BCUT2D eigenvalue weighted by atomic mass is 10.2. The quantitative estimate of drug-likeness (QED) is 0.657. The molecule has 0 bridgehead atoms. The van der Waals surface area contributed by atoms with Crippen LogP contribution in [0, 0.1) is 11.3 Å². The highest BCUT2D eigenvalue weighted by atomic mass is 15.2. The summed E-state index contributed by atoms with van der Waals surface area (Å²) in [5, 5.41) is 8.83.